The number of hydrogen-bond acceptors (Lipinski definition) is 13. The Morgan fingerprint density at radius 2 is 1.33 bits per heavy atom. The summed E-state index contributed by atoms with van der Waals surface area (Å²) >= 11 is 0. The third-order valence-electron chi connectivity index (χ3n) is 11.1. The number of ether oxygens (including phenoxy) is 1. The number of fused-ring (bicyclic) bond motifs is 1. The maximum atomic E-state index is 12.4. The van der Waals surface area contributed by atoms with Crippen molar-refractivity contribution in [3.05, 3.63) is 136 Å². The lowest BCUT2D eigenvalue weighted by Crippen LogP contribution is -2.37. The normalized spacial score (nSPS) is 16.9. The fourth-order valence-electron chi connectivity index (χ4n) is 7.38. The Morgan fingerprint density at radius 1 is 0.712 bits per heavy atom. The molecule has 0 spiro atoms. The highest BCUT2D eigenvalue weighted by atomic mass is 32.2. The molecule has 0 bridgehead atoms. The number of amides is 4. The molecule has 7 rings (SSSR count). The maximum absolute atomic E-state index is 12.4. The number of hydrogen-bond donors (Lipinski definition) is 8. The third kappa shape index (κ3) is 15.4. The number of methoxy groups -OCH3 is 1. The summed E-state index contributed by atoms with van der Waals surface area (Å²) in [7, 11) is -0.0172. The first-order chi connectivity index (χ1) is 31.6. The molecule has 8 N–H and O–H groups in total. The quantitative estimate of drug-likeness (QED) is 0.0787. The molecule has 0 aromatic heterocycles. The Bertz CT molecular complexity index is 2410. The molecule has 4 amide bonds. The number of nitrogens with zero attached hydrogens (tertiary/aromatic N) is 2. The number of carbonyl (C=O) groups is 5. The van der Waals surface area contributed by atoms with Gasteiger partial charge < -0.3 is 9.64 Å². The van der Waals surface area contributed by atoms with Gasteiger partial charge in [-0.3, -0.25) is 44.8 Å². The third-order valence-corrected chi connectivity index (χ3v) is 13.0. The van der Waals surface area contributed by atoms with Gasteiger partial charge in [0.15, 0.2) is 5.78 Å². The summed E-state index contributed by atoms with van der Waals surface area (Å²) in [6.07, 6.45) is 12.4. The monoisotopic (exact) mass is 930 g/mol. The lowest BCUT2D eigenvalue weighted by Gasteiger charge is -2.25. The van der Waals surface area contributed by atoms with Gasteiger partial charge in [0, 0.05) is 60.5 Å². The van der Waals surface area contributed by atoms with E-state index in [4.69, 9.17) is 25.6 Å². The van der Waals surface area contributed by atoms with Crippen LogP contribution in [0.3, 0.4) is 0 Å². The van der Waals surface area contributed by atoms with E-state index in [9.17, 15) is 32.4 Å². The molecule has 3 aromatic carbocycles. The van der Waals surface area contributed by atoms with Gasteiger partial charge in [-0.05, 0) is 118 Å². The fraction of sp³-hybridized carbons (Fsp3) is 0.340. The SMILES string of the molecule is CN1CCC=C(C(=O)NO)C1.COc1ccc(C(=O)CC2C=C(C(=O)NO)CCC2)cc1.Cc1ccc(S(=O)(=O)N2CC=C(C(=O)NO)CC2)cc1.O=C(NO)C1=Cc2ccccc2CC1. The highest BCUT2D eigenvalue weighted by Crippen LogP contribution is 2.28. The van der Waals surface area contributed by atoms with Crippen LogP contribution in [0, 0.1) is 12.8 Å². The molecule has 4 aliphatic rings. The van der Waals surface area contributed by atoms with Gasteiger partial charge in [-0.15, -0.1) is 0 Å². The Kier molecular flexibility index (Phi) is 20.6. The summed E-state index contributed by atoms with van der Waals surface area (Å²) in [6.45, 7) is 3.82. The summed E-state index contributed by atoms with van der Waals surface area (Å²) < 4.78 is 31.2. The van der Waals surface area contributed by atoms with Gasteiger partial charge in [0.25, 0.3) is 23.6 Å². The molecule has 66 heavy (non-hydrogen) atoms. The minimum Gasteiger partial charge on any atom is -0.497 e. The van der Waals surface area contributed by atoms with Crippen molar-refractivity contribution in [2.75, 3.05) is 40.3 Å². The molecule has 354 valence electrons. The molecule has 19 heteroatoms. The maximum Gasteiger partial charge on any atom is 0.271 e. The van der Waals surface area contributed by atoms with Crippen LogP contribution in [0.2, 0.25) is 0 Å². The number of nitrogens with one attached hydrogen (secondary N) is 4. The molecule has 2 aliphatic heterocycles. The van der Waals surface area contributed by atoms with E-state index in [0.717, 1.165) is 43.4 Å². The van der Waals surface area contributed by atoms with Gasteiger partial charge in [0.05, 0.1) is 12.0 Å². The predicted molar refractivity (Wildman–Crippen MR) is 243 cm³/mol. The van der Waals surface area contributed by atoms with E-state index >= 15 is 0 Å². The van der Waals surface area contributed by atoms with Gasteiger partial charge in [0.1, 0.15) is 5.75 Å². The Morgan fingerprint density at radius 3 is 1.94 bits per heavy atom. The average molecular weight is 931 g/mol. The van der Waals surface area contributed by atoms with E-state index in [1.807, 2.05) is 49.2 Å². The number of Topliss-reactive ketones (excluding diaryl/α,β-unsaturated/α-hetero) is 1. The van der Waals surface area contributed by atoms with Crippen LogP contribution in [-0.2, 0) is 35.6 Å². The Balaban J connectivity index is 0.000000198. The first kappa shape index (κ1) is 52.3. The average Bonchev–Trinajstić information content (AvgIpc) is 3.36. The van der Waals surface area contributed by atoms with Crippen molar-refractivity contribution in [2.45, 2.75) is 63.2 Å². The molecule has 0 saturated heterocycles. The lowest BCUT2D eigenvalue weighted by molar-refractivity contribution is -0.126. The number of likely N-dealkylation sites (N-methyl/N-ethyl adjacent to an activating group) is 1. The number of carbonyl (C=O) groups excluding carboxylic acids is 5. The topological polar surface area (TPSA) is 264 Å². The zero-order valence-corrected chi connectivity index (χ0v) is 38.0. The molecule has 3 aromatic rings. The smallest absolute Gasteiger partial charge is 0.271 e. The van der Waals surface area contributed by atoms with E-state index in [1.54, 1.807) is 83.6 Å². The lowest BCUT2D eigenvalue weighted by atomic mass is 9.86. The van der Waals surface area contributed by atoms with Crippen LogP contribution in [-0.4, -0.2) is 108 Å². The van der Waals surface area contributed by atoms with Crippen LogP contribution in [0.15, 0.2) is 118 Å². The van der Waals surface area contributed by atoms with E-state index in [0.29, 0.717) is 59.4 Å². The molecule has 2 heterocycles. The molecule has 0 fully saturated rings. The van der Waals surface area contributed by atoms with Gasteiger partial charge in [-0.2, -0.15) is 4.31 Å². The molecular weight excluding hydrogens is 873 g/mol. The summed E-state index contributed by atoms with van der Waals surface area (Å²) in [4.78, 5) is 59.2. The molecule has 1 atom stereocenters. The van der Waals surface area contributed by atoms with Crippen molar-refractivity contribution in [2.24, 2.45) is 5.92 Å². The van der Waals surface area contributed by atoms with Crippen LogP contribution >= 0.6 is 0 Å². The first-order valence-corrected chi connectivity index (χ1v) is 22.7. The Labute approximate surface area is 384 Å². The highest BCUT2D eigenvalue weighted by Gasteiger charge is 2.27. The number of ketones is 1. The second-order valence-electron chi connectivity index (χ2n) is 15.7. The number of sulfonamides is 1. The summed E-state index contributed by atoms with van der Waals surface area (Å²) in [5, 5.41) is 34.0. The molecule has 18 nitrogen and oxygen atoms in total. The van der Waals surface area contributed by atoms with Gasteiger partial charge in [-0.25, -0.2) is 30.3 Å². The van der Waals surface area contributed by atoms with Crippen molar-refractivity contribution >= 4 is 45.5 Å². The number of benzene rings is 3. The standard InChI is InChI=1S/C16H19NO4.C13H16N2O4S.C11H11NO2.C7H12N2O2/c1-21-14-7-5-12(6-8-14)15(18)10-11-3-2-4-13(9-11)16(19)17-20;1-10-2-4-12(5-3-10)20(18,19)15-8-6-11(7-9-15)13(16)14-17;13-11(12-14)10-6-5-8-3-1-2-4-9(8)7-10;1-9-4-2-3-6(5-9)7(10)8-11/h5-9,11,20H,2-4,10H2,1H3,(H,17,19);2-6,17H,7-9H2,1H3,(H,14,16);1-4,7,14H,5-6H2,(H,12,13);3,11H,2,4-5H2,1H3,(H,8,10). The minimum atomic E-state index is -3.54. The van der Waals surface area contributed by atoms with Crippen LogP contribution in [0.5, 0.6) is 5.75 Å². The van der Waals surface area contributed by atoms with E-state index in [-0.39, 0.29) is 36.1 Å². The number of hydroxylamine groups is 4. The van der Waals surface area contributed by atoms with E-state index in [1.165, 1.54) is 15.9 Å². The fourth-order valence-corrected chi connectivity index (χ4v) is 8.76. The minimum absolute atomic E-state index is 0.0423. The van der Waals surface area contributed by atoms with Crippen LogP contribution in [0.25, 0.3) is 6.08 Å². The summed E-state index contributed by atoms with van der Waals surface area (Å²) in [5.41, 5.74) is 12.6. The summed E-state index contributed by atoms with van der Waals surface area (Å²) in [5.74, 6) is -1.05. The zero-order valence-electron chi connectivity index (χ0n) is 37.2. The zero-order chi connectivity index (χ0) is 48.2. The highest BCUT2D eigenvalue weighted by molar-refractivity contribution is 7.89. The van der Waals surface area contributed by atoms with E-state index < -0.39 is 33.7 Å². The molecule has 2 aliphatic carbocycles. The van der Waals surface area contributed by atoms with Crippen molar-refractivity contribution in [1.82, 2.24) is 31.1 Å². The molecule has 0 saturated carbocycles. The first-order valence-electron chi connectivity index (χ1n) is 21.2. The number of rotatable bonds is 10. The van der Waals surface area contributed by atoms with Crippen LogP contribution in [0.4, 0.5) is 0 Å². The van der Waals surface area contributed by atoms with Crippen LogP contribution in [0.1, 0.15) is 72.0 Å². The van der Waals surface area contributed by atoms with Crippen molar-refractivity contribution in [1.29, 1.82) is 0 Å². The predicted octanol–water partition coefficient (Wildman–Crippen LogP) is 4.60. The number of allylic oxidation sites excluding steroid dienone is 1. The molecule has 0 radical (unpaired) electrons. The van der Waals surface area contributed by atoms with E-state index in [2.05, 4.69) is 6.07 Å². The Hall–Kier alpha value is -6.32. The van der Waals surface area contributed by atoms with Crippen molar-refractivity contribution < 1.29 is 58.0 Å². The van der Waals surface area contributed by atoms with Crippen molar-refractivity contribution in [3.8, 4) is 5.75 Å². The van der Waals surface area contributed by atoms with Gasteiger partial charge >= 0.3 is 0 Å². The second kappa shape index (κ2) is 26.0. The van der Waals surface area contributed by atoms with Crippen molar-refractivity contribution in [3.63, 3.8) is 0 Å². The van der Waals surface area contributed by atoms with Gasteiger partial charge in [-0.1, -0.05) is 60.2 Å². The van der Waals surface area contributed by atoms with Gasteiger partial charge in [0.2, 0.25) is 10.0 Å². The number of aryl methyl sites for hydroxylation is 2. The molecule has 1 unspecified atom stereocenters. The second-order valence-corrected chi connectivity index (χ2v) is 17.7. The van der Waals surface area contributed by atoms with Crippen LogP contribution < -0.4 is 26.7 Å². The summed E-state index contributed by atoms with van der Waals surface area (Å²) in [6, 6.07) is 21.6. The molecular formula is C47H58N6O12S. The largest absolute Gasteiger partial charge is 0.497 e.